The molecule has 1 saturated heterocycles. The Morgan fingerprint density at radius 1 is 1.32 bits per heavy atom. The molecule has 134 valence electrons. The molecule has 2 atom stereocenters. The van der Waals surface area contributed by atoms with E-state index in [9.17, 15) is 9.18 Å². The molecule has 0 N–H and O–H groups in total. The van der Waals surface area contributed by atoms with Gasteiger partial charge in [-0.1, -0.05) is 18.6 Å². The zero-order chi connectivity index (χ0) is 18.0. The van der Waals surface area contributed by atoms with Crippen LogP contribution in [0.2, 0.25) is 0 Å². The Bertz CT molecular complexity index is 742. The highest BCUT2D eigenvalue weighted by Crippen LogP contribution is 2.39. The van der Waals surface area contributed by atoms with E-state index in [0.717, 1.165) is 37.1 Å². The molecule has 2 unspecified atom stereocenters. The highest BCUT2D eigenvalue weighted by atomic mass is 19.1. The molecule has 3 rings (SSSR count). The molecular formula is C19H24FN3O2. The average Bonchev–Trinajstić information content (AvgIpc) is 2.92. The van der Waals surface area contributed by atoms with E-state index in [1.807, 2.05) is 18.5 Å². The molecule has 0 amide bonds. The Labute approximate surface area is 147 Å². The van der Waals surface area contributed by atoms with Crippen molar-refractivity contribution in [2.45, 2.75) is 45.2 Å². The quantitative estimate of drug-likeness (QED) is 0.777. The molecule has 2 heterocycles. The van der Waals surface area contributed by atoms with Crippen LogP contribution in [0.5, 0.6) is 5.75 Å². The van der Waals surface area contributed by atoms with E-state index in [2.05, 4.69) is 17.0 Å². The zero-order valence-electron chi connectivity index (χ0n) is 14.9. The summed E-state index contributed by atoms with van der Waals surface area (Å²) in [6.45, 7) is 5.33. The summed E-state index contributed by atoms with van der Waals surface area (Å²) in [6, 6.07) is 6.51. The molecule has 0 saturated carbocycles. The number of halogens is 1. The molecule has 1 fully saturated rings. The number of likely N-dealkylation sites (tertiary alicyclic amines) is 1. The third kappa shape index (κ3) is 3.44. The van der Waals surface area contributed by atoms with Gasteiger partial charge in [0, 0.05) is 0 Å². The van der Waals surface area contributed by atoms with Crippen molar-refractivity contribution in [2.24, 2.45) is 0 Å². The van der Waals surface area contributed by atoms with Crippen LogP contribution in [-0.2, 0) is 4.79 Å². The summed E-state index contributed by atoms with van der Waals surface area (Å²) < 4.78 is 20.5. The van der Waals surface area contributed by atoms with E-state index in [-0.39, 0.29) is 17.9 Å². The molecule has 6 heteroatoms. The zero-order valence-corrected chi connectivity index (χ0v) is 14.9. The second kappa shape index (κ2) is 7.35. The highest BCUT2D eigenvalue weighted by molar-refractivity contribution is 5.49. The molecule has 0 bridgehead atoms. The van der Waals surface area contributed by atoms with Crippen molar-refractivity contribution >= 4 is 6.47 Å². The normalized spacial score (nSPS) is 19.6. The molecule has 1 aromatic heterocycles. The number of aromatic nitrogens is 2. The van der Waals surface area contributed by atoms with Crippen LogP contribution in [0.15, 0.2) is 24.3 Å². The SMILES string of the molecule is Cc1nn(C(C)c2ccc(F)cc2)c(C2CCCCN2C)c1OC=O. The lowest BCUT2D eigenvalue weighted by Crippen LogP contribution is -2.32. The summed E-state index contributed by atoms with van der Waals surface area (Å²) in [5.41, 5.74) is 2.57. The Morgan fingerprint density at radius 3 is 2.68 bits per heavy atom. The molecule has 0 aliphatic carbocycles. The first kappa shape index (κ1) is 17.6. The lowest BCUT2D eigenvalue weighted by Gasteiger charge is -2.34. The van der Waals surface area contributed by atoms with Crippen LogP contribution in [0, 0.1) is 12.7 Å². The van der Waals surface area contributed by atoms with E-state index in [1.165, 1.54) is 12.1 Å². The smallest absolute Gasteiger partial charge is 0.298 e. The lowest BCUT2D eigenvalue weighted by molar-refractivity contribution is -0.120. The number of hydrogen-bond acceptors (Lipinski definition) is 4. The van der Waals surface area contributed by atoms with Crippen LogP contribution in [0.1, 0.15) is 55.2 Å². The number of ether oxygens (including phenoxy) is 1. The van der Waals surface area contributed by atoms with E-state index >= 15 is 0 Å². The molecule has 5 nitrogen and oxygen atoms in total. The van der Waals surface area contributed by atoms with Gasteiger partial charge in [0.15, 0.2) is 5.75 Å². The van der Waals surface area contributed by atoms with Crippen molar-refractivity contribution in [1.82, 2.24) is 14.7 Å². The van der Waals surface area contributed by atoms with Crippen molar-refractivity contribution in [1.29, 1.82) is 0 Å². The molecule has 0 radical (unpaired) electrons. The Morgan fingerprint density at radius 2 is 2.04 bits per heavy atom. The van der Waals surface area contributed by atoms with Crippen molar-refractivity contribution < 1.29 is 13.9 Å². The van der Waals surface area contributed by atoms with E-state index in [4.69, 9.17) is 4.74 Å². The van der Waals surface area contributed by atoms with Gasteiger partial charge in [0.05, 0.1) is 17.8 Å². The topological polar surface area (TPSA) is 47.4 Å². The monoisotopic (exact) mass is 345 g/mol. The first-order chi connectivity index (χ1) is 12.0. The lowest BCUT2D eigenvalue weighted by atomic mass is 9.98. The Balaban J connectivity index is 2.07. The van der Waals surface area contributed by atoms with Crippen LogP contribution >= 0.6 is 0 Å². The third-order valence-electron chi connectivity index (χ3n) is 5.04. The minimum atomic E-state index is -0.259. The molecular weight excluding hydrogens is 321 g/mol. The van der Waals surface area contributed by atoms with Gasteiger partial charge in [-0.05, 0) is 58.0 Å². The minimum Gasteiger partial charge on any atom is -0.425 e. The van der Waals surface area contributed by atoms with Gasteiger partial charge < -0.3 is 4.74 Å². The van der Waals surface area contributed by atoms with Gasteiger partial charge in [-0.15, -0.1) is 0 Å². The summed E-state index contributed by atoms with van der Waals surface area (Å²) in [7, 11) is 2.09. The fourth-order valence-electron chi connectivity index (χ4n) is 3.65. The van der Waals surface area contributed by atoms with E-state index in [0.29, 0.717) is 17.9 Å². The fourth-order valence-corrected chi connectivity index (χ4v) is 3.65. The van der Waals surface area contributed by atoms with Gasteiger partial charge in [0.1, 0.15) is 11.5 Å². The molecule has 2 aromatic rings. The van der Waals surface area contributed by atoms with Crippen molar-refractivity contribution in [3.05, 3.63) is 47.0 Å². The maximum Gasteiger partial charge on any atom is 0.298 e. The van der Waals surface area contributed by atoms with Gasteiger partial charge in [0.2, 0.25) is 0 Å². The van der Waals surface area contributed by atoms with Gasteiger partial charge in [-0.2, -0.15) is 5.10 Å². The maximum atomic E-state index is 13.3. The predicted molar refractivity (Wildman–Crippen MR) is 93.1 cm³/mol. The first-order valence-electron chi connectivity index (χ1n) is 8.68. The minimum absolute atomic E-state index is 0.0892. The summed E-state index contributed by atoms with van der Waals surface area (Å²) in [6.07, 6.45) is 3.29. The number of carbonyl (C=O) groups excluding carboxylic acids is 1. The summed E-state index contributed by atoms with van der Waals surface area (Å²) in [5.74, 6) is 0.285. The Hall–Kier alpha value is -2.21. The highest BCUT2D eigenvalue weighted by Gasteiger charge is 2.31. The number of aryl methyl sites for hydroxylation is 1. The number of benzene rings is 1. The largest absolute Gasteiger partial charge is 0.425 e. The second-order valence-electron chi connectivity index (χ2n) is 6.68. The molecule has 25 heavy (non-hydrogen) atoms. The molecule has 0 spiro atoms. The average molecular weight is 345 g/mol. The first-order valence-corrected chi connectivity index (χ1v) is 8.68. The molecule has 1 aromatic carbocycles. The summed E-state index contributed by atoms with van der Waals surface area (Å²) >= 11 is 0. The van der Waals surface area contributed by atoms with Gasteiger partial charge in [-0.3, -0.25) is 14.4 Å². The molecule has 1 aliphatic heterocycles. The maximum absolute atomic E-state index is 13.3. The van der Waals surface area contributed by atoms with Crippen LogP contribution in [0.25, 0.3) is 0 Å². The summed E-state index contributed by atoms with van der Waals surface area (Å²) in [4.78, 5) is 13.3. The van der Waals surface area contributed by atoms with Crippen LogP contribution in [0.4, 0.5) is 4.39 Å². The van der Waals surface area contributed by atoms with Crippen molar-refractivity contribution in [3.63, 3.8) is 0 Å². The van der Waals surface area contributed by atoms with Crippen LogP contribution in [0.3, 0.4) is 0 Å². The third-order valence-corrected chi connectivity index (χ3v) is 5.04. The van der Waals surface area contributed by atoms with Gasteiger partial charge in [-0.25, -0.2) is 4.39 Å². The number of rotatable bonds is 5. The predicted octanol–water partition coefficient (Wildman–Crippen LogP) is 3.63. The van der Waals surface area contributed by atoms with E-state index < -0.39 is 0 Å². The van der Waals surface area contributed by atoms with Crippen LogP contribution in [-0.4, -0.2) is 34.7 Å². The van der Waals surface area contributed by atoms with Crippen molar-refractivity contribution in [3.8, 4) is 5.75 Å². The van der Waals surface area contributed by atoms with Crippen LogP contribution < -0.4 is 4.74 Å². The van der Waals surface area contributed by atoms with Gasteiger partial charge in [0.25, 0.3) is 6.47 Å². The standard InChI is InChI=1S/C19H24FN3O2/c1-13-19(25-12-24)18(17-6-4-5-11-22(17)3)23(21-13)14(2)15-7-9-16(20)10-8-15/h7-10,12,14,17H,4-6,11H2,1-3H3. The number of nitrogens with zero attached hydrogens (tertiary/aromatic N) is 3. The number of hydrogen-bond donors (Lipinski definition) is 0. The molecule has 1 aliphatic rings. The summed E-state index contributed by atoms with van der Waals surface area (Å²) in [5, 5.41) is 4.65. The van der Waals surface area contributed by atoms with E-state index in [1.54, 1.807) is 12.1 Å². The fraction of sp³-hybridized carbons (Fsp3) is 0.474. The van der Waals surface area contributed by atoms with Gasteiger partial charge >= 0.3 is 0 Å². The van der Waals surface area contributed by atoms with Crippen molar-refractivity contribution in [2.75, 3.05) is 13.6 Å². The second-order valence-corrected chi connectivity index (χ2v) is 6.68. The Kier molecular flexibility index (Phi) is 5.18. The number of carbonyl (C=O) groups is 1. The number of piperidine rings is 1.